The molecule has 0 aliphatic carbocycles. The highest BCUT2D eigenvalue weighted by Crippen LogP contribution is 2.16. The molecule has 0 bridgehead atoms. The van der Waals surface area contributed by atoms with Gasteiger partial charge in [0.05, 0.1) is 6.10 Å². The van der Waals surface area contributed by atoms with Gasteiger partial charge >= 0.3 is 0 Å². The van der Waals surface area contributed by atoms with E-state index in [0.717, 1.165) is 31.5 Å². The monoisotopic (exact) mass is 298 g/mol. The molecule has 0 amide bonds. The Morgan fingerprint density at radius 2 is 1.68 bits per heavy atom. The van der Waals surface area contributed by atoms with Gasteiger partial charge in [-0.25, -0.2) is 0 Å². The molecular formula is C19H26N2O. The number of aromatic nitrogens is 1. The molecule has 1 aromatic heterocycles. The number of aliphatic hydroxyl groups is 1. The first-order valence-electron chi connectivity index (χ1n) is 8.11. The first-order valence-corrected chi connectivity index (χ1v) is 8.11. The van der Waals surface area contributed by atoms with Gasteiger partial charge in [0.2, 0.25) is 0 Å². The largest absolute Gasteiger partial charge is 0.387 e. The van der Waals surface area contributed by atoms with E-state index < -0.39 is 6.10 Å². The molecule has 3 heteroatoms. The molecule has 3 nitrogen and oxygen atoms in total. The summed E-state index contributed by atoms with van der Waals surface area (Å²) in [7, 11) is 0. The molecule has 2 aromatic rings. The Hall–Kier alpha value is -1.71. The Kier molecular flexibility index (Phi) is 6.56. The summed E-state index contributed by atoms with van der Waals surface area (Å²) >= 11 is 0. The lowest BCUT2D eigenvalue weighted by Crippen LogP contribution is -2.30. The number of aryl methyl sites for hydroxylation is 1. The molecule has 1 atom stereocenters. The lowest BCUT2D eigenvalue weighted by Gasteiger charge is -2.24. The zero-order valence-electron chi connectivity index (χ0n) is 13.6. The summed E-state index contributed by atoms with van der Waals surface area (Å²) in [5, 5.41) is 10.4. The fourth-order valence-electron chi connectivity index (χ4n) is 2.54. The highest BCUT2D eigenvalue weighted by atomic mass is 16.3. The summed E-state index contributed by atoms with van der Waals surface area (Å²) in [5.74, 6) is 0. The minimum absolute atomic E-state index is 0.428. The maximum Gasteiger partial charge on any atom is 0.0916 e. The maximum absolute atomic E-state index is 10.4. The first kappa shape index (κ1) is 16.7. The Labute approximate surface area is 133 Å². The summed E-state index contributed by atoms with van der Waals surface area (Å²) in [5.41, 5.74) is 3.59. The van der Waals surface area contributed by atoms with Gasteiger partial charge in [0.15, 0.2) is 0 Å². The molecular weight excluding hydrogens is 272 g/mol. The van der Waals surface area contributed by atoms with Crippen LogP contribution in [0.5, 0.6) is 0 Å². The van der Waals surface area contributed by atoms with Gasteiger partial charge in [-0.05, 0) is 48.2 Å². The van der Waals surface area contributed by atoms with Crippen LogP contribution in [-0.2, 0) is 12.8 Å². The Morgan fingerprint density at radius 1 is 1.00 bits per heavy atom. The normalized spacial score (nSPS) is 12.5. The molecule has 0 saturated carbocycles. The quantitative estimate of drug-likeness (QED) is 0.813. The van der Waals surface area contributed by atoms with Gasteiger partial charge < -0.3 is 10.0 Å². The Morgan fingerprint density at radius 3 is 2.27 bits per heavy atom. The summed E-state index contributed by atoms with van der Waals surface area (Å²) in [6.45, 7) is 6.84. The molecule has 0 radical (unpaired) electrons. The number of pyridine rings is 1. The van der Waals surface area contributed by atoms with Crippen molar-refractivity contribution in [1.82, 2.24) is 9.88 Å². The van der Waals surface area contributed by atoms with Crippen LogP contribution in [0.2, 0.25) is 0 Å². The van der Waals surface area contributed by atoms with E-state index in [0.29, 0.717) is 6.54 Å². The van der Waals surface area contributed by atoms with Gasteiger partial charge in [0, 0.05) is 25.5 Å². The number of nitrogens with zero attached hydrogens (tertiary/aromatic N) is 2. The van der Waals surface area contributed by atoms with Crippen LogP contribution in [0.15, 0.2) is 48.8 Å². The van der Waals surface area contributed by atoms with Crippen LogP contribution in [0.25, 0.3) is 0 Å². The molecule has 118 valence electrons. The average molecular weight is 298 g/mol. The number of aliphatic hydroxyl groups excluding tert-OH is 1. The molecule has 0 aliphatic heterocycles. The van der Waals surface area contributed by atoms with E-state index >= 15 is 0 Å². The third-order valence-corrected chi connectivity index (χ3v) is 4.12. The number of likely N-dealkylation sites (N-methyl/N-ethyl adjacent to an activating group) is 1. The molecule has 1 N–H and O–H groups in total. The van der Waals surface area contributed by atoms with Crippen LogP contribution >= 0.6 is 0 Å². The van der Waals surface area contributed by atoms with Gasteiger partial charge in [-0.1, -0.05) is 38.1 Å². The zero-order chi connectivity index (χ0) is 15.8. The highest BCUT2D eigenvalue weighted by molar-refractivity contribution is 5.24. The second-order valence-electron chi connectivity index (χ2n) is 5.61. The highest BCUT2D eigenvalue weighted by Gasteiger charge is 2.12. The topological polar surface area (TPSA) is 36.4 Å². The molecule has 0 spiro atoms. The third kappa shape index (κ3) is 4.93. The predicted octanol–water partition coefficient (Wildman–Crippen LogP) is 3.24. The van der Waals surface area contributed by atoms with Crippen LogP contribution in [-0.4, -0.2) is 34.6 Å². The van der Waals surface area contributed by atoms with E-state index in [1.165, 1.54) is 11.1 Å². The van der Waals surface area contributed by atoms with E-state index in [4.69, 9.17) is 0 Å². The standard InChI is InChI=1S/C19H26N2O/c1-3-16-5-7-18(8-6-16)19(22)15-21(4-2)14-11-17-9-12-20-13-10-17/h5-10,12-13,19,22H,3-4,11,14-15H2,1-2H3. The lowest BCUT2D eigenvalue weighted by atomic mass is 10.1. The predicted molar refractivity (Wildman–Crippen MR) is 90.8 cm³/mol. The minimum Gasteiger partial charge on any atom is -0.387 e. The number of hydrogen-bond acceptors (Lipinski definition) is 3. The molecule has 0 aliphatic rings. The van der Waals surface area contributed by atoms with Crippen molar-refractivity contribution in [1.29, 1.82) is 0 Å². The van der Waals surface area contributed by atoms with E-state index in [-0.39, 0.29) is 0 Å². The van der Waals surface area contributed by atoms with Gasteiger partial charge in [-0.3, -0.25) is 4.98 Å². The fourth-order valence-corrected chi connectivity index (χ4v) is 2.54. The van der Waals surface area contributed by atoms with Crippen molar-refractivity contribution in [2.45, 2.75) is 32.8 Å². The molecule has 2 rings (SSSR count). The van der Waals surface area contributed by atoms with Gasteiger partial charge in [0.1, 0.15) is 0 Å². The molecule has 0 fully saturated rings. The van der Waals surface area contributed by atoms with E-state index in [1.54, 1.807) is 0 Å². The number of hydrogen-bond donors (Lipinski definition) is 1. The molecule has 1 aromatic carbocycles. The third-order valence-electron chi connectivity index (χ3n) is 4.12. The smallest absolute Gasteiger partial charge is 0.0916 e. The van der Waals surface area contributed by atoms with Crippen LogP contribution in [0.4, 0.5) is 0 Å². The SMILES string of the molecule is CCc1ccc(C(O)CN(CC)CCc2ccncc2)cc1. The van der Waals surface area contributed by atoms with Crippen molar-refractivity contribution in [2.24, 2.45) is 0 Å². The van der Waals surface area contributed by atoms with Crippen LogP contribution in [0.3, 0.4) is 0 Å². The van der Waals surface area contributed by atoms with Crippen LogP contribution in [0, 0.1) is 0 Å². The summed E-state index contributed by atoms with van der Waals surface area (Å²) in [6, 6.07) is 12.4. The van der Waals surface area contributed by atoms with Crippen LogP contribution in [0.1, 0.15) is 36.6 Å². The van der Waals surface area contributed by atoms with Gasteiger partial charge in [-0.2, -0.15) is 0 Å². The minimum atomic E-state index is -0.428. The maximum atomic E-state index is 10.4. The summed E-state index contributed by atoms with van der Waals surface area (Å²) in [6.07, 6.45) is 5.25. The van der Waals surface area contributed by atoms with Crippen molar-refractivity contribution >= 4 is 0 Å². The van der Waals surface area contributed by atoms with E-state index in [9.17, 15) is 5.11 Å². The van der Waals surface area contributed by atoms with E-state index in [2.05, 4.69) is 35.9 Å². The van der Waals surface area contributed by atoms with Gasteiger partial charge in [0.25, 0.3) is 0 Å². The molecule has 0 saturated heterocycles. The number of benzene rings is 1. The lowest BCUT2D eigenvalue weighted by molar-refractivity contribution is 0.116. The second kappa shape index (κ2) is 8.66. The summed E-state index contributed by atoms with van der Waals surface area (Å²) < 4.78 is 0. The second-order valence-corrected chi connectivity index (χ2v) is 5.61. The fraction of sp³-hybridized carbons (Fsp3) is 0.421. The van der Waals surface area contributed by atoms with Crippen LogP contribution < -0.4 is 0 Å². The van der Waals surface area contributed by atoms with Crippen molar-refractivity contribution in [3.8, 4) is 0 Å². The van der Waals surface area contributed by atoms with Crippen molar-refractivity contribution in [3.63, 3.8) is 0 Å². The van der Waals surface area contributed by atoms with Crippen molar-refractivity contribution in [3.05, 3.63) is 65.5 Å². The number of rotatable bonds is 8. The van der Waals surface area contributed by atoms with E-state index in [1.807, 2.05) is 36.7 Å². The molecule has 1 heterocycles. The Bertz CT molecular complexity index is 539. The van der Waals surface area contributed by atoms with Crippen molar-refractivity contribution < 1.29 is 5.11 Å². The van der Waals surface area contributed by atoms with Crippen molar-refractivity contribution in [2.75, 3.05) is 19.6 Å². The average Bonchev–Trinajstić information content (AvgIpc) is 2.59. The molecule has 22 heavy (non-hydrogen) atoms. The summed E-state index contributed by atoms with van der Waals surface area (Å²) in [4.78, 5) is 6.33. The first-order chi connectivity index (χ1) is 10.7. The van der Waals surface area contributed by atoms with Gasteiger partial charge in [-0.15, -0.1) is 0 Å². The zero-order valence-corrected chi connectivity index (χ0v) is 13.6. The molecule has 1 unspecified atom stereocenters. The Balaban J connectivity index is 1.88.